The number of nitrogens with one attached hydrogen (secondary N) is 1. The molecule has 0 saturated heterocycles. The highest BCUT2D eigenvalue weighted by molar-refractivity contribution is 7.15. The van der Waals surface area contributed by atoms with Crippen molar-refractivity contribution < 1.29 is 19.1 Å². The van der Waals surface area contributed by atoms with E-state index < -0.39 is 12.0 Å². The maximum atomic E-state index is 12.5. The SMILES string of the molecule is COC(=O)c1sc(C#CC(C)(C)C)cc1N[C@H](C(=O)N(C)C)[C@@H](C)OC. The summed E-state index contributed by atoms with van der Waals surface area (Å²) in [6.07, 6.45) is -0.389. The maximum Gasteiger partial charge on any atom is 0.350 e. The fraction of sp³-hybridized carbons (Fsp3) is 0.579. The van der Waals surface area contributed by atoms with E-state index in [1.54, 1.807) is 27.1 Å². The summed E-state index contributed by atoms with van der Waals surface area (Å²) in [5.41, 5.74) is 0.362. The molecule has 0 spiro atoms. The Morgan fingerprint density at radius 2 is 1.88 bits per heavy atom. The molecule has 0 bridgehead atoms. The van der Waals surface area contributed by atoms with E-state index in [2.05, 4.69) is 17.2 Å². The van der Waals surface area contributed by atoms with Gasteiger partial charge >= 0.3 is 5.97 Å². The minimum absolute atomic E-state index is 0.149. The zero-order valence-corrected chi connectivity index (χ0v) is 17.5. The van der Waals surface area contributed by atoms with Gasteiger partial charge in [0.05, 0.1) is 23.8 Å². The molecule has 0 fully saturated rings. The van der Waals surface area contributed by atoms with Gasteiger partial charge in [0.1, 0.15) is 10.9 Å². The molecule has 1 aromatic heterocycles. The number of hydrogen-bond donors (Lipinski definition) is 1. The first-order chi connectivity index (χ1) is 12.0. The van der Waals surface area contributed by atoms with Crippen molar-refractivity contribution in [2.45, 2.75) is 39.8 Å². The number of ether oxygens (including phenoxy) is 2. The van der Waals surface area contributed by atoms with Gasteiger partial charge in [0.25, 0.3) is 0 Å². The van der Waals surface area contributed by atoms with Crippen LogP contribution in [0.4, 0.5) is 5.69 Å². The summed E-state index contributed by atoms with van der Waals surface area (Å²) in [5.74, 6) is 5.61. The van der Waals surface area contributed by atoms with Gasteiger partial charge in [-0.3, -0.25) is 4.79 Å². The average Bonchev–Trinajstić information content (AvgIpc) is 2.98. The number of rotatable bonds is 6. The maximum absolute atomic E-state index is 12.5. The molecule has 0 aliphatic rings. The summed E-state index contributed by atoms with van der Waals surface area (Å²) in [6.45, 7) is 7.84. The summed E-state index contributed by atoms with van der Waals surface area (Å²) in [5, 5.41) is 3.14. The topological polar surface area (TPSA) is 67.9 Å². The van der Waals surface area contributed by atoms with Crippen LogP contribution in [0.15, 0.2) is 6.07 Å². The van der Waals surface area contributed by atoms with Crippen molar-refractivity contribution >= 4 is 28.9 Å². The van der Waals surface area contributed by atoms with Gasteiger partial charge in [0.2, 0.25) is 5.91 Å². The monoisotopic (exact) mass is 380 g/mol. The van der Waals surface area contributed by atoms with Crippen LogP contribution in [0.1, 0.15) is 42.2 Å². The highest BCUT2D eigenvalue weighted by Crippen LogP contribution is 2.29. The summed E-state index contributed by atoms with van der Waals surface area (Å²) >= 11 is 1.24. The molecule has 1 amide bonds. The fourth-order valence-electron chi connectivity index (χ4n) is 2.01. The summed E-state index contributed by atoms with van der Waals surface area (Å²) in [4.78, 5) is 27.2. The molecule has 0 aromatic carbocycles. The van der Waals surface area contributed by atoms with E-state index >= 15 is 0 Å². The van der Waals surface area contributed by atoms with Gasteiger partial charge in [-0.2, -0.15) is 0 Å². The van der Waals surface area contributed by atoms with Crippen LogP contribution < -0.4 is 5.32 Å². The van der Waals surface area contributed by atoms with Gasteiger partial charge in [-0.1, -0.05) is 11.8 Å². The van der Waals surface area contributed by atoms with Crippen LogP contribution in [0.3, 0.4) is 0 Å². The number of methoxy groups -OCH3 is 2. The number of amides is 1. The van der Waals surface area contributed by atoms with Crippen LogP contribution in [0.2, 0.25) is 0 Å². The molecular formula is C19H28N2O4S. The lowest BCUT2D eigenvalue weighted by molar-refractivity contribution is -0.132. The number of hydrogen-bond acceptors (Lipinski definition) is 6. The lowest BCUT2D eigenvalue weighted by Gasteiger charge is -2.26. The van der Waals surface area contributed by atoms with Crippen LogP contribution in [-0.4, -0.2) is 57.2 Å². The van der Waals surface area contributed by atoms with E-state index in [1.165, 1.54) is 30.5 Å². The van der Waals surface area contributed by atoms with E-state index in [1.807, 2.05) is 20.8 Å². The first-order valence-corrected chi connectivity index (χ1v) is 9.07. The third-order valence-electron chi connectivity index (χ3n) is 3.52. The van der Waals surface area contributed by atoms with Crippen molar-refractivity contribution in [1.82, 2.24) is 4.90 Å². The molecule has 0 saturated carbocycles. The van der Waals surface area contributed by atoms with Crippen LogP contribution in [-0.2, 0) is 14.3 Å². The van der Waals surface area contributed by atoms with E-state index in [0.29, 0.717) is 10.6 Å². The third kappa shape index (κ3) is 6.04. The second kappa shape index (κ2) is 9.06. The molecule has 6 nitrogen and oxygen atoms in total. The van der Waals surface area contributed by atoms with E-state index in [4.69, 9.17) is 9.47 Å². The number of nitrogens with zero attached hydrogens (tertiary/aromatic N) is 1. The lowest BCUT2D eigenvalue weighted by atomic mass is 9.98. The molecular weight excluding hydrogens is 352 g/mol. The first kappa shape index (κ1) is 22.0. The largest absolute Gasteiger partial charge is 0.465 e. The molecule has 7 heteroatoms. The molecule has 1 N–H and O–H groups in total. The Hall–Kier alpha value is -2.04. The summed E-state index contributed by atoms with van der Waals surface area (Å²) in [6, 6.07) is 1.13. The molecule has 0 unspecified atom stereocenters. The van der Waals surface area contributed by atoms with Crippen LogP contribution in [0, 0.1) is 17.3 Å². The predicted octanol–water partition coefficient (Wildman–Crippen LogP) is 2.84. The number of thiophene rings is 1. The molecule has 1 heterocycles. The Bertz CT molecular complexity index is 707. The highest BCUT2D eigenvalue weighted by Gasteiger charge is 2.29. The van der Waals surface area contributed by atoms with Crippen molar-refractivity contribution in [3.05, 3.63) is 15.8 Å². The molecule has 26 heavy (non-hydrogen) atoms. The normalized spacial score (nSPS) is 13.2. The quantitative estimate of drug-likeness (QED) is 0.607. The Morgan fingerprint density at radius 1 is 1.27 bits per heavy atom. The minimum Gasteiger partial charge on any atom is -0.465 e. The molecule has 1 aromatic rings. The van der Waals surface area contributed by atoms with E-state index in [-0.39, 0.29) is 17.4 Å². The van der Waals surface area contributed by atoms with Gasteiger partial charge in [-0.25, -0.2) is 4.79 Å². The van der Waals surface area contributed by atoms with Gasteiger partial charge in [-0.05, 0) is 33.8 Å². The molecule has 0 radical (unpaired) electrons. The molecule has 2 atom stereocenters. The van der Waals surface area contributed by atoms with Gasteiger partial charge < -0.3 is 19.7 Å². The smallest absolute Gasteiger partial charge is 0.350 e. The molecule has 0 aliphatic carbocycles. The summed E-state index contributed by atoms with van der Waals surface area (Å²) in [7, 11) is 6.22. The van der Waals surface area contributed by atoms with Crippen molar-refractivity contribution in [3.8, 4) is 11.8 Å². The second-order valence-corrected chi connectivity index (χ2v) is 8.19. The Labute approximate surface area is 159 Å². The number of anilines is 1. The van der Waals surface area contributed by atoms with Crippen molar-refractivity contribution in [1.29, 1.82) is 0 Å². The van der Waals surface area contributed by atoms with Gasteiger partial charge in [-0.15, -0.1) is 11.3 Å². The first-order valence-electron chi connectivity index (χ1n) is 8.26. The molecule has 0 aliphatic heterocycles. The average molecular weight is 381 g/mol. The molecule has 144 valence electrons. The van der Waals surface area contributed by atoms with Crippen LogP contribution in [0.5, 0.6) is 0 Å². The van der Waals surface area contributed by atoms with Crippen LogP contribution in [0.25, 0.3) is 0 Å². The number of carbonyl (C=O) groups excluding carboxylic acids is 2. The summed E-state index contributed by atoms with van der Waals surface area (Å²) < 4.78 is 10.2. The third-order valence-corrected chi connectivity index (χ3v) is 4.55. The van der Waals surface area contributed by atoms with E-state index in [9.17, 15) is 9.59 Å². The van der Waals surface area contributed by atoms with Crippen molar-refractivity contribution in [2.24, 2.45) is 5.41 Å². The molecule has 1 rings (SSSR count). The zero-order chi connectivity index (χ0) is 20.1. The van der Waals surface area contributed by atoms with Gasteiger partial charge in [0, 0.05) is 26.6 Å². The highest BCUT2D eigenvalue weighted by atomic mass is 32.1. The Balaban J connectivity index is 3.30. The van der Waals surface area contributed by atoms with E-state index in [0.717, 1.165) is 4.88 Å². The standard InChI is InChI=1S/C19H28N2O4S/c1-12(24-7)15(17(22)21(5)6)20-14-11-13(9-10-19(2,3)4)26-16(14)18(23)25-8/h11-12,15,20H,1-8H3/t12-,15+/m1/s1. The zero-order valence-electron chi connectivity index (χ0n) is 16.7. The number of carbonyl (C=O) groups is 2. The van der Waals surface area contributed by atoms with Crippen molar-refractivity contribution in [3.63, 3.8) is 0 Å². The predicted molar refractivity (Wildman–Crippen MR) is 105 cm³/mol. The van der Waals surface area contributed by atoms with Gasteiger partial charge in [0.15, 0.2) is 0 Å². The fourth-order valence-corrected chi connectivity index (χ4v) is 2.91. The van der Waals surface area contributed by atoms with Crippen LogP contribution >= 0.6 is 11.3 Å². The Kier molecular flexibility index (Phi) is 7.67. The second-order valence-electron chi connectivity index (χ2n) is 7.14. The Morgan fingerprint density at radius 3 is 2.35 bits per heavy atom. The number of esters is 1. The minimum atomic E-state index is -0.642. The number of likely N-dealkylation sites (N-methyl/N-ethyl adjacent to an activating group) is 1. The lowest BCUT2D eigenvalue weighted by Crippen LogP contribution is -2.46. The van der Waals surface area contributed by atoms with Crippen molar-refractivity contribution in [2.75, 3.05) is 33.6 Å².